The maximum Gasteiger partial charge on any atom is 0.0730 e. The fourth-order valence-corrected chi connectivity index (χ4v) is 10.8. The van der Waals surface area contributed by atoms with Crippen LogP contribution in [0.15, 0.2) is 218 Å². The predicted octanol–water partition coefficient (Wildman–Crippen LogP) is 16.6. The third-order valence-corrected chi connectivity index (χ3v) is 14.0. The van der Waals surface area contributed by atoms with Crippen molar-refractivity contribution in [2.45, 2.75) is 19.3 Å². The molecule has 1 aliphatic rings. The van der Waals surface area contributed by atoms with E-state index in [0.717, 1.165) is 39.2 Å². The molecule has 0 radical (unpaired) electrons. The lowest BCUT2D eigenvalue weighted by Crippen LogP contribution is -2.14. The molecule has 0 N–H and O–H groups in total. The summed E-state index contributed by atoms with van der Waals surface area (Å²) in [5, 5.41) is 9.99. The number of nitrogens with zero attached hydrogens (tertiary/aromatic N) is 2. The first kappa shape index (κ1) is 36.6. The Morgan fingerprint density at radius 2 is 0.797 bits per heavy atom. The molecule has 0 aliphatic heterocycles. The van der Waals surface area contributed by atoms with Gasteiger partial charge in [0, 0.05) is 27.3 Å². The van der Waals surface area contributed by atoms with E-state index in [-0.39, 0.29) is 5.41 Å². The second kappa shape index (κ2) is 14.0. The summed E-state index contributed by atoms with van der Waals surface area (Å²) in [5.74, 6) is 0. The van der Waals surface area contributed by atoms with E-state index in [1.807, 2.05) is 0 Å². The van der Waals surface area contributed by atoms with Gasteiger partial charge in [0.1, 0.15) is 0 Å². The molecule has 0 amide bonds. The van der Waals surface area contributed by atoms with Crippen LogP contribution in [0.5, 0.6) is 0 Å². The van der Waals surface area contributed by atoms with Gasteiger partial charge in [-0.25, -0.2) is 4.98 Å². The predicted molar refractivity (Wildman–Crippen MR) is 270 cm³/mol. The molecule has 0 spiro atoms. The molecule has 2 heteroatoms. The lowest BCUT2D eigenvalue weighted by Gasteiger charge is -2.22. The Morgan fingerprint density at radius 1 is 0.312 bits per heavy atom. The van der Waals surface area contributed by atoms with Crippen LogP contribution in [0.1, 0.15) is 25.0 Å². The lowest BCUT2D eigenvalue weighted by atomic mass is 9.81. The number of aromatic nitrogens is 2. The van der Waals surface area contributed by atoms with Gasteiger partial charge < -0.3 is 4.57 Å². The molecule has 0 atom stereocenters. The minimum Gasteiger partial charge on any atom is -0.309 e. The van der Waals surface area contributed by atoms with Crippen molar-refractivity contribution in [2.24, 2.45) is 0 Å². The van der Waals surface area contributed by atoms with E-state index < -0.39 is 0 Å². The number of hydrogen-bond donors (Lipinski definition) is 0. The van der Waals surface area contributed by atoms with Gasteiger partial charge in [0.15, 0.2) is 0 Å². The number of pyridine rings is 1. The molecular formula is C62H42N2. The average Bonchev–Trinajstić information content (AvgIpc) is 3.80. The standard InChI is InChI=1S/C62H42N2/c1-62(2)56-25-15-14-24-49(56)50-30-27-44(34-57(50)62)43-26-29-48-51(32-43)46-22-12-13-23-47(46)52-37-55-54-33-42(39-16-6-3-7-17-39)28-31-60(54)64(61(55)38-53(48)52)45-35-58(40-18-8-4-9-19-40)63-59(36-45)41-20-10-5-11-21-41/h3-38H,1-2H3. The number of fused-ring (bicyclic) bond motifs is 12. The first-order valence-electron chi connectivity index (χ1n) is 22.3. The van der Waals surface area contributed by atoms with Crippen LogP contribution in [0.4, 0.5) is 0 Å². The smallest absolute Gasteiger partial charge is 0.0730 e. The third-order valence-electron chi connectivity index (χ3n) is 14.0. The lowest BCUT2D eigenvalue weighted by molar-refractivity contribution is 0.660. The minimum absolute atomic E-state index is 0.0636. The molecule has 2 aromatic heterocycles. The van der Waals surface area contributed by atoms with Gasteiger partial charge in [-0.3, -0.25) is 0 Å². The zero-order valence-corrected chi connectivity index (χ0v) is 35.7. The number of rotatable bonds is 5. The van der Waals surface area contributed by atoms with Gasteiger partial charge in [0.2, 0.25) is 0 Å². The SMILES string of the molecule is CC1(C)c2ccccc2-c2ccc(-c3ccc4c(c3)c3ccccc3c3cc5c6cc(-c7ccccc7)ccc6n(-c6cc(-c7ccccc7)nc(-c7ccccc7)c6)c5cc43)cc21. The van der Waals surface area contributed by atoms with E-state index in [2.05, 4.69) is 237 Å². The molecule has 64 heavy (non-hydrogen) atoms. The Morgan fingerprint density at radius 3 is 1.50 bits per heavy atom. The zero-order valence-electron chi connectivity index (χ0n) is 35.7. The first-order chi connectivity index (χ1) is 31.5. The molecule has 10 aromatic carbocycles. The van der Waals surface area contributed by atoms with E-state index in [1.54, 1.807) is 0 Å². The quantitative estimate of drug-likeness (QED) is 0.158. The number of benzene rings is 10. The van der Waals surface area contributed by atoms with Crippen LogP contribution >= 0.6 is 0 Å². The van der Waals surface area contributed by atoms with Crippen molar-refractivity contribution in [3.63, 3.8) is 0 Å². The maximum absolute atomic E-state index is 5.28. The van der Waals surface area contributed by atoms with Crippen LogP contribution in [-0.2, 0) is 5.41 Å². The second-order valence-corrected chi connectivity index (χ2v) is 17.9. The summed E-state index contributed by atoms with van der Waals surface area (Å²) in [6, 6.07) is 80.4. The van der Waals surface area contributed by atoms with Gasteiger partial charge in [0.25, 0.3) is 0 Å². The summed E-state index contributed by atoms with van der Waals surface area (Å²) < 4.78 is 2.47. The van der Waals surface area contributed by atoms with E-state index in [0.29, 0.717) is 0 Å². The summed E-state index contributed by atoms with van der Waals surface area (Å²) in [5.41, 5.74) is 17.8. The summed E-state index contributed by atoms with van der Waals surface area (Å²) >= 11 is 0. The monoisotopic (exact) mass is 814 g/mol. The topological polar surface area (TPSA) is 17.8 Å². The van der Waals surface area contributed by atoms with Gasteiger partial charge in [-0.2, -0.15) is 0 Å². The highest BCUT2D eigenvalue weighted by molar-refractivity contribution is 6.29. The van der Waals surface area contributed by atoms with Crippen molar-refractivity contribution in [2.75, 3.05) is 0 Å². The highest BCUT2D eigenvalue weighted by Gasteiger charge is 2.35. The fourth-order valence-electron chi connectivity index (χ4n) is 10.8. The van der Waals surface area contributed by atoms with Crippen LogP contribution in [0, 0.1) is 0 Å². The van der Waals surface area contributed by atoms with Gasteiger partial charge in [-0.15, -0.1) is 0 Å². The Balaban J connectivity index is 1.09. The molecule has 0 bridgehead atoms. The molecule has 0 fully saturated rings. The molecule has 12 aromatic rings. The molecule has 2 nitrogen and oxygen atoms in total. The van der Waals surface area contributed by atoms with Gasteiger partial charge in [-0.1, -0.05) is 184 Å². The third kappa shape index (κ3) is 5.55. The van der Waals surface area contributed by atoms with Crippen molar-refractivity contribution < 1.29 is 0 Å². The van der Waals surface area contributed by atoms with Crippen LogP contribution in [0.3, 0.4) is 0 Å². The Labute approximate surface area is 372 Å². The summed E-state index contributed by atoms with van der Waals surface area (Å²) in [7, 11) is 0. The Kier molecular flexibility index (Phi) is 7.98. The molecule has 300 valence electrons. The van der Waals surface area contributed by atoms with Gasteiger partial charge in [-0.05, 0) is 125 Å². The Hall–Kier alpha value is -8.07. The molecule has 0 unspecified atom stereocenters. The second-order valence-electron chi connectivity index (χ2n) is 17.9. The van der Waals surface area contributed by atoms with E-state index in [4.69, 9.17) is 4.98 Å². The van der Waals surface area contributed by atoms with E-state index >= 15 is 0 Å². The van der Waals surface area contributed by atoms with Crippen LogP contribution in [-0.4, -0.2) is 9.55 Å². The van der Waals surface area contributed by atoms with Crippen LogP contribution in [0.2, 0.25) is 0 Å². The van der Waals surface area contributed by atoms with Crippen molar-refractivity contribution in [1.82, 2.24) is 9.55 Å². The largest absolute Gasteiger partial charge is 0.309 e. The van der Waals surface area contributed by atoms with E-state index in [1.165, 1.54) is 87.6 Å². The minimum atomic E-state index is -0.0636. The molecule has 2 heterocycles. The molecule has 1 aliphatic carbocycles. The van der Waals surface area contributed by atoms with Crippen molar-refractivity contribution in [3.05, 3.63) is 230 Å². The maximum atomic E-state index is 5.28. The van der Waals surface area contributed by atoms with Gasteiger partial charge in [0.05, 0.1) is 28.1 Å². The Bertz CT molecular complexity index is 3780. The van der Waals surface area contributed by atoms with E-state index in [9.17, 15) is 0 Å². The highest BCUT2D eigenvalue weighted by atomic mass is 15.0. The average molecular weight is 815 g/mol. The molecule has 0 saturated carbocycles. The van der Waals surface area contributed by atoms with Crippen molar-refractivity contribution in [1.29, 1.82) is 0 Å². The molecule has 0 saturated heterocycles. The zero-order chi connectivity index (χ0) is 42.5. The van der Waals surface area contributed by atoms with Crippen LogP contribution in [0.25, 0.3) is 116 Å². The molecule has 13 rings (SSSR count). The van der Waals surface area contributed by atoms with Crippen LogP contribution < -0.4 is 0 Å². The fraction of sp³-hybridized carbons (Fsp3) is 0.0484. The first-order valence-corrected chi connectivity index (χ1v) is 22.3. The van der Waals surface area contributed by atoms with Gasteiger partial charge >= 0.3 is 0 Å². The normalized spacial score (nSPS) is 13.0. The highest BCUT2D eigenvalue weighted by Crippen LogP contribution is 2.50. The van der Waals surface area contributed by atoms with Crippen molar-refractivity contribution in [3.8, 4) is 61.6 Å². The summed E-state index contributed by atoms with van der Waals surface area (Å²) in [4.78, 5) is 5.28. The summed E-state index contributed by atoms with van der Waals surface area (Å²) in [6.07, 6.45) is 0. The van der Waals surface area contributed by atoms with Crippen molar-refractivity contribution >= 4 is 54.1 Å². The molecular weight excluding hydrogens is 773 g/mol. The number of hydrogen-bond acceptors (Lipinski definition) is 1. The summed E-state index contributed by atoms with van der Waals surface area (Å²) in [6.45, 7) is 4.72.